The SMILES string of the molecule is Cc1ccc(N(C)c2ccc(O)c(-c3ccc(CNC(=O)CCN4CCCCC4)c(N)n3)c2)c(F)c1. The Balaban J connectivity index is 1.43. The number of likely N-dealkylation sites (tertiary alicyclic amines) is 1. The number of aromatic hydroxyl groups is 1. The first-order valence-corrected chi connectivity index (χ1v) is 12.4. The molecule has 36 heavy (non-hydrogen) atoms. The standard InChI is InChI=1S/C28H34FN5O2/c1-19-6-10-25(23(29)16-19)33(2)21-8-11-26(35)22(17-21)24-9-7-20(28(30)32-24)18-31-27(36)12-15-34-13-4-3-5-14-34/h6-11,16-17,35H,3-5,12-15,18H2,1-2H3,(H2,30,32)(H,31,36). The number of phenols is 1. The number of phenolic OH excluding ortho intramolecular Hbond substituents is 1. The number of nitrogens with zero attached hydrogens (tertiary/aromatic N) is 3. The Kier molecular flexibility index (Phi) is 8.05. The molecule has 2 heterocycles. The quantitative estimate of drug-likeness (QED) is 0.421. The number of benzene rings is 2. The van der Waals surface area contributed by atoms with Crippen molar-refractivity contribution in [1.29, 1.82) is 0 Å². The lowest BCUT2D eigenvalue weighted by atomic mass is 10.1. The third-order valence-corrected chi connectivity index (χ3v) is 6.70. The zero-order valence-corrected chi connectivity index (χ0v) is 20.9. The number of piperidine rings is 1. The number of halogens is 1. The molecular formula is C28H34FN5O2. The zero-order chi connectivity index (χ0) is 25.7. The van der Waals surface area contributed by atoms with Crippen LogP contribution in [0.5, 0.6) is 5.75 Å². The van der Waals surface area contributed by atoms with Crippen LogP contribution in [0.15, 0.2) is 48.5 Å². The van der Waals surface area contributed by atoms with Gasteiger partial charge >= 0.3 is 0 Å². The lowest BCUT2D eigenvalue weighted by Crippen LogP contribution is -2.34. The summed E-state index contributed by atoms with van der Waals surface area (Å²) in [6.45, 7) is 5.03. The summed E-state index contributed by atoms with van der Waals surface area (Å²) >= 11 is 0. The Morgan fingerprint density at radius 3 is 2.64 bits per heavy atom. The van der Waals surface area contributed by atoms with E-state index >= 15 is 0 Å². The van der Waals surface area contributed by atoms with Crippen LogP contribution in [0.3, 0.4) is 0 Å². The molecule has 3 aromatic rings. The summed E-state index contributed by atoms with van der Waals surface area (Å²) < 4.78 is 14.5. The van der Waals surface area contributed by atoms with Gasteiger partial charge in [0, 0.05) is 43.4 Å². The molecule has 0 bridgehead atoms. The van der Waals surface area contributed by atoms with Gasteiger partial charge in [-0.3, -0.25) is 4.79 Å². The molecular weight excluding hydrogens is 457 g/mol. The van der Waals surface area contributed by atoms with Crippen LogP contribution in [0.1, 0.15) is 36.8 Å². The van der Waals surface area contributed by atoms with E-state index in [2.05, 4.69) is 15.2 Å². The largest absolute Gasteiger partial charge is 0.507 e. The van der Waals surface area contributed by atoms with Crippen LogP contribution in [0.2, 0.25) is 0 Å². The highest BCUT2D eigenvalue weighted by Crippen LogP contribution is 2.35. The van der Waals surface area contributed by atoms with E-state index in [-0.39, 0.29) is 23.3 Å². The van der Waals surface area contributed by atoms with Gasteiger partial charge in [0.2, 0.25) is 5.91 Å². The van der Waals surface area contributed by atoms with Gasteiger partial charge in [0.05, 0.1) is 11.4 Å². The fraction of sp³-hybridized carbons (Fsp3) is 0.357. The van der Waals surface area contributed by atoms with Crippen LogP contribution in [-0.2, 0) is 11.3 Å². The average Bonchev–Trinajstić information content (AvgIpc) is 2.87. The number of aryl methyl sites for hydroxylation is 1. The number of hydrogen-bond donors (Lipinski definition) is 3. The van der Waals surface area contributed by atoms with Crippen molar-refractivity contribution in [3.63, 3.8) is 0 Å². The smallest absolute Gasteiger partial charge is 0.221 e. The van der Waals surface area contributed by atoms with E-state index < -0.39 is 0 Å². The fourth-order valence-corrected chi connectivity index (χ4v) is 4.49. The minimum atomic E-state index is -0.322. The highest BCUT2D eigenvalue weighted by Gasteiger charge is 2.15. The summed E-state index contributed by atoms with van der Waals surface area (Å²) in [5, 5.41) is 13.4. The van der Waals surface area contributed by atoms with Gasteiger partial charge in [0.1, 0.15) is 17.4 Å². The number of carbonyl (C=O) groups is 1. The molecule has 1 saturated heterocycles. The van der Waals surface area contributed by atoms with Gasteiger partial charge in [-0.1, -0.05) is 18.6 Å². The molecule has 2 aromatic carbocycles. The molecule has 1 amide bonds. The first kappa shape index (κ1) is 25.4. The summed E-state index contributed by atoms with van der Waals surface area (Å²) in [5.41, 5.74) is 9.84. The minimum Gasteiger partial charge on any atom is -0.507 e. The van der Waals surface area contributed by atoms with E-state index in [1.807, 2.05) is 13.0 Å². The number of nitrogen functional groups attached to an aromatic ring is 1. The van der Waals surface area contributed by atoms with Crippen molar-refractivity contribution in [1.82, 2.24) is 15.2 Å². The van der Waals surface area contributed by atoms with Gasteiger partial charge in [-0.2, -0.15) is 0 Å². The summed E-state index contributed by atoms with van der Waals surface area (Å²) in [7, 11) is 1.77. The molecule has 1 aliphatic heterocycles. The third-order valence-electron chi connectivity index (χ3n) is 6.70. The lowest BCUT2D eigenvalue weighted by Gasteiger charge is -2.25. The number of rotatable bonds is 8. The van der Waals surface area contributed by atoms with Crippen LogP contribution in [-0.4, -0.2) is 47.6 Å². The number of hydrogen-bond acceptors (Lipinski definition) is 6. The van der Waals surface area contributed by atoms with Gasteiger partial charge in [-0.15, -0.1) is 0 Å². The molecule has 7 nitrogen and oxygen atoms in total. The van der Waals surface area contributed by atoms with Crippen molar-refractivity contribution in [2.75, 3.05) is 37.3 Å². The van der Waals surface area contributed by atoms with Crippen LogP contribution >= 0.6 is 0 Å². The number of carbonyl (C=O) groups excluding carboxylic acids is 1. The van der Waals surface area contributed by atoms with Crippen LogP contribution < -0.4 is 16.0 Å². The number of pyridine rings is 1. The Bertz CT molecular complexity index is 1230. The topological polar surface area (TPSA) is 94.7 Å². The highest BCUT2D eigenvalue weighted by atomic mass is 19.1. The van der Waals surface area contributed by atoms with Crippen molar-refractivity contribution in [2.45, 2.75) is 39.2 Å². The normalized spacial score (nSPS) is 14.0. The predicted molar refractivity (Wildman–Crippen MR) is 142 cm³/mol. The monoisotopic (exact) mass is 491 g/mol. The minimum absolute atomic E-state index is 0.0132. The molecule has 1 aliphatic rings. The Hall–Kier alpha value is -3.65. The zero-order valence-electron chi connectivity index (χ0n) is 20.9. The fourth-order valence-electron chi connectivity index (χ4n) is 4.49. The van der Waals surface area contributed by atoms with Crippen molar-refractivity contribution in [2.24, 2.45) is 0 Å². The maximum Gasteiger partial charge on any atom is 0.221 e. The van der Waals surface area contributed by atoms with E-state index in [0.29, 0.717) is 41.2 Å². The highest BCUT2D eigenvalue weighted by molar-refractivity contribution is 5.77. The molecule has 0 spiro atoms. The molecule has 0 saturated carbocycles. The van der Waals surface area contributed by atoms with Crippen molar-refractivity contribution in [3.8, 4) is 17.0 Å². The molecule has 0 atom stereocenters. The maximum absolute atomic E-state index is 14.5. The van der Waals surface area contributed by atoms with Crippen LogP contribution in [0.4, 0.5) is 21.6 Å². The predicted octanol–water partition coefficient (Wildman–Crippen LogP) is 4.74. The molecule has 190 valence electrons. The second-order valence-corrected chi connectivity index (χ2v) is 9.39. The number of nitrogens with two attached hydrogens (primary N) is 1. The Labute approximate surface area is 211 Å². The van der Waals surface area contributed by atoms with Gasteiger partial charge in [0.15, 0.2) is 0 Å². The van der Waals surface area contributed by atoms with Crippen LogP contribution in [0.25, 0.3) is 11.3 Å². The third kappa shape index (κ3) is 6.12. The van der Waals surface area contributed by atoms with Crippen molar-refractivity contribution < 1.29 is 14.3 Å². The van der Waals surface area contributed by atoms with E-state index in [9.17, 15) is 14.3 Å². The molecule has 8 heteroatoms. The second-order valence-electron chi connectivity index (χ2n) is 9.39. The number of aromatic nitrogens is 1. The summed E-state index contributed by atoms with van der Waals surface area (Å²) in [6.07, 6.45) is 4.14. The first-order chi connectivity index (χ1) is 17.3. The maximum atomic E-state index is 14.5. The number of anilines is 3. The van der Waals surface area contributed by atoms with E-state index in [4.69, 9.17) is 5.73 Å². The van der Waals surface area contributed by atoms with Gasteiger partial charge < -0.3 is 26.0 Å². The van der Waals surface area contributed by atoms with E-state index in [1.165, 1.54) is 25.3 Å². The summed E-state index contributed by atoms with van der Waals surface area (Å²) in [5.74, 6) is -0.00801. The Morgan fingerprint density at radius 2 is 1.92 bits per heavy atom. The van der Waals surface area contributed by atoms with E-state index in [0.717, 1.165) is 25.2 Å². The van der Waals surface area contributed by atoms with Gasteiger partial charge in [-0.05, 0) is 74.8 Å². The molecule has 0 radical (unpaired) electrons. The van der Waals surface area contributed by atoms with Crippen LogP contribution in [0, 0.1) is 12.7 Å². The first-order valence-electron chi connectivity index (χ1n) is 12.4. The second kappa shape index (κ2) is 11.4. The molecule has 1 fully saturated rings. The molecule has 4 N–H and O–H groups in total. The average molecular weight is 492 g/mol. The molecule has 0 aliphatic carbocycles. The van der Waals surface area contributed by atoms with Crippen molar-refractivity contribution in [3.05, 3.63) is 65.5 Å². The van der Waals surface area contributed by atoms with Gasteiger partial charge in [0.25, 0.3) is 0 Å². The number of nitrogens with one attached hydrogen (secondary N) is 1. The molecule has 1 aromatic heterocycles. The summed E-state index contributed by atoms with van der Waals surface area (Å²) in [6, 6.07) is 13.7. The van der Waals surface area contributed by atoms with Gasteiger partial charge in [-0.25, -0.2) is 9.37 Å². The summed E-state index contributed by atoms with van der Waals surface area (Å²) in [4.78, 5) is 20.8. The van der Waals surface area contributed by atoms with Crippen molar-refractivity contribution >= 4 is 23.1 Å². The van der Waals surface area contributed by atoms with E-state index in [1.54, 1.807) is 48.3 Å². The molecule has 0 unspecified atom stereocenters. The Morgan fingerprint density at radius 1 is 1.14 bits per heavy atom. The number of amides is 1. The molecule has 4 rings (SSSR count). The lowest BCUT2D eigenvalue weighted by molar-refractivity contribution is -0.121.